The zero-order valence-electron chi connectivity index (χ0n) is 14.3. The summed E-state index contributed by atoms with van der Waals surface area (Å²) in [7, 11) is 4.54. The molecule has 3 rings (SSSR count). The number of rotatable bonds is 5. The molecule has 0 aliphatic carbocycles. The zero-order chi connectivity index (χ0) is 18.8. The molecule has 2 aromatic rings. The van der Waals surface area contributed by atoms with Crippen LogP contribution in [0.1, 0.15) is 17.2 Å². The third-order valence-electron chi connectivity index (χ3n) is 4.00. The lowest BCUT2D eigenvalue weighted by Gasteiger charge is -2.25. The second-order valence-electron chi connectivity index (χ2n) is 5.47. The summed E-state index contributed by atoms with van der Waals surface area (Å²) >= 11 is 3.37. The smallest absolute Gasteiger partial charge is 0.291 e. The number of methoxy groups -OCH3 is 3. The van der Waals surface area contributed by atoms with E-state index in [4.69, 9.17) is 18.9 Å². The molecule has 0 N–H and O–H groups in total. The third-order valence-corrected chi connectivity index (χ3v) is 4.45. The fourth-order valence-corrected chi connectivity index (χ4v) is 3.24. The minimum atomic E-state index is -0.910. The normalized spacial score (nSPS) is 15.4. The average Bonchev–Trinajstić information content (AvgIpc) is 2.65. The summed E-state index contributed by atoms with van der Waals surface area (Å²) in [5, 5.41) is 11.6. The lowest BCUT2D eigenvalue weighted by atomic mass is 10.00. The summed E-state index contributed by atoms with van der Waals surface area (Å²) in [5.41, 5.74) is 1.06. The molecule has 0 bridgehead atoms. The Morgan fingerprint density at radius 1 is 1.04 bits per heavy atom. The number of ether oxygens (including phenoxy) is 4. The summed E-state index contributed by atoms with van der Waals surface area (Å²) in [6.07, 6.45) is 0.584. The number of fused-ring (bicyclic) bond motifs is 1. The van der Waals surface area contributed by atoms with Crippen LogP contribution in [0.25, 0.3) is 6.08 Å². The first kappa shape index (κ1) is 18.1. The molecule has 0 radical (unpaired) electrons. The molecule has 26 heavy (non-hydrogen) atoms. The molecule has 0 amide bonds. The average molecular weight is 422 g/mol. The Labute approximate surface area is 158 Å². The number of nitrogens with zero attached hydrogens (tertiary/aromatic N) is 1. The highest BCUT2D eigenvalue weighted by atomic mass is 79.9. The highest BCUT2D eigenvalue weighted by Crippen LogP contribution is 2.45. The molecule has 0 aromatic heterocycles. The van der Waals surface area contributed by atoms with E-state index in [9.17, 15) is 10.1 Å². The fraction of sp³-hybridized carbons (Fsp3) is 0.222. The number of hydrogen-bond donors (Lipinski definition) is 0. The van der Waals surface area contributed by atoms with E-state index >= 15 is 0 Å². The van der Waals surface area contributed by atoms with Crippen molar-refractivity contribution in [1.82, 2.24) is 0 Å². The zero-order valence-corrected chi connectivity index (χ0v) is 15.9. The fourth-order valence-electron chi connectivity index (χ4n) is 2.79. The molecule has 7 nitrogen and oxygen atoms in total. The predicted molar refractivity (Wildman–Crippen MR) is 98.6 cm³/mol. The van der Waals surface area contributed by atoms with E-state index in [1.807, 2.05) is 0 Å². The van der Waals surface area contributed by atoms with Crippen LogP contribution in [0.5, 0.6) is 23.0 Å². The Hall–Kier alpha value is -2.74. The van der Waals surface area contributed by atoms with Gasteiger partial charge in [0, 0.05) is 21.7 Å². The monoisotopic (exact) mass is 421 g/mol. The highest BCUT2D eigenvalue weighted by molar-refractivity contribution is 9.10. The summed E-state index contributed by atoms with van der Waals surface area (Å²) in [5.74, 6) is 1.92. The first-order chi connectivity index (χ1) is 12.5. The minimum Gasteiger partial charge on any atom is -0.493 e. The molecule has 1 aliphatic rings. The van der Waals surface area contributed by atoms with Crippen LogP contribution >= 0.6 is 15.9 Å². The van der Waals surface area contributed by atoms with Gasteiger partial charge in [0.25, 0.3) is 5.70 Å². The molecule has 2 aromatic carbocycles. The van der Waals surface area contributed by atoms with Gasteiger partial charge >= 0.3 is 0 Å². The van der Waals surface area contributed by atoms with E-state index in [1.165, 1.54) is 27.4 Å². The summed E-state index contributed by atoms with van der Waals surface area (Å²) in [6, 6.07) is 8.54. The molecule has 0 spiro atoms. The van der Waals surface area contributed by atoms with Crippen LogP contribution in [-0.4, -0.2) is 26.3 Å². The van der Waals surface area contributed by atoms with Gasteiger partial charge in [-0.05, 0) is 24.3 Å². The van der Waals surface area contributed by atoms with Crippen molar-refractivity contribution in [3.05, 3.63) is 61.7 Å². The van der Waals surface area contributed by atoms with Gasteiger partial charge in [-0.25, -0.2) is 0 Å². The number of benzene rings is 2. The second kappa shape index (κ2) is 7.25. The van der Waals surface area contributed by atoms with Crippen molar-refractivity contribution in [2.24, 2.45) is 0 Å². The van der Waals surface area contributed by atoms with Gasteiger partial charge in [0.2, 0.25) is 6.10 Å². The van der Waals surface area contributed by atoms with Crippen molar-refractivity contribution in [1.29, 1.82) is 0 Å². The Morgan fingerprint density at radius 3 is 2.35 bits per heavy atom. The predicted octanol–water partition coefficient (Wildman–Crippen LogP) is 4.23. The van der Waals surface area contributed by atoms with Crippen LogP contribution in [0, 0.1) is 10.1 Å². The lowest BCUT2D eigenvalue weighted by Crippen LogP contribution is -2.20. The lowest BCUT2D eigenvalue weighted by molar-refractivity contribution is -0.434. The minimum absolute atomic E-state index is 0.0788. The number of halogens is 1. The van der Waals surface area contributed by atoms with Gasteiger partial charge in [-0.1, -0.05) is 22.0 Å². The summed E-state index contributed by atoms with van der Waals surface area (Å²) < 4.78 is 22.6. The third kappa shape index (κ3) is 3.20. The standard InChI is InChI=1S/C18H16BrNO6/c1-23-14-5-4-10(8-15(14)24-2)17-13(20(21)22)7-11-6-12(19)9-16(25-3)18(11)26-17/h4-9,17H,1-3H3. The van der Waals surface area contributed by atoms with Crippen molar-refractivity contribution in [2.75, 3.05) is 21.3 Å². The molecule has 0 saturated carbocycles. The number of hydrogen-bond acceptors (Lipinski definition) is 6. The van der Waals surface area contributed by atoms with Crippen molar-refractivity contribution in [2.45, 2.75) is 6.10 Å². The van der Waals surface area contributed by atoms with E-state index in [1.54, 1.807) is 30.3 Å². The Kier molecular flexibility index (Phi) is 5.03. The van der Waals surface area contributed by atoms with E-state index in [2.05, 4.69) is 15.9 Å². The van der Waals surface area contributed by atoms with Gasteiger partial charge in [-0.15, -0.1) is 0 Å². The van der Waals surface area contributed by atoms with E-state index in [-0.39, 0.29) is 5.70 Å². The molecule has 8 heteroatoms. The molecule has 136 valence electrons. The van der Waals surface area contributed by atoms with Gasteiger partial charge in [-0.2, -0.15) is 0 Å². The molecule has 0 saturated heterocycles. The van der Waals surface area contributed by atoms with Crippen LogP contribution in [0.4, 0.5) is 0 Å². The molecular weight excluding hydrogens is 406 g/mol. The Bertz CT molecular complexity index is 895. The molecular formula is C18H16BrNO6. The van der Waals surface area contributed by atoms with Gasteiger partial charge < -0.3 is 18.9 Å². The molecule has 1 aliphatic heterocycles. The maximum absolute atomic E-state index is 11.6. The van der Waals surface area contributed by atoms with Crippen LogP contribution in [0.3, 0.4) is 0 Å². The molecule has 0 fully saturated rings. The Balaban J connectivity index is 2.13. The maximum atomic E-state index is 11.6. The van der Waals surface area contributed by atoms with Gasteiger partial charge in [0.15, 0.2) is 23.0 Å². The van der Waals surface area contributed by atoms with Crippen molar-refractivity contribution < 1.29 is 23.9 Å². The van der Waals surface area contributed by atoms with Gasteiger partial charge in [0.05, 0.1) is 26.3 Å². The molecule has 1 atom stereocenters. The topological polar surface area (TPSA) is 80.1 Å². The summed E-state index contributed by atoms with van der Waals surface area (Å²) in [4.78, 5) is 11.2. The van der Waals surface area contributed by atoms with Crippen molar-refractivity contribution in [3.63, 3.8) is 0 Å². The first-order valence-corrected chi connectivity index (χ1v) is 8.40. The van der Waals surface area contributed by atoms with Crippen LogP contribution < -0.4 is 18.9 Å². The van der Waals surface area contributed by atoms with Crippen LogP contribution in [0.2, 0.25) is 0 Å². The number of nitro groups is 1. The van der Waals surface area contributed by atoms with Gasteiger partial charge in [0.1, 0.15) is 0 Å². The van der Waals surface area contributed by atoms with E-state index in [0.29, 0.717) is 34.1 Å². The van der Waals surface area contributed by atoms with Crippen LogP contribution in [-0.2, 0) is 0 Å². The first-order valence-electron chi connectivity index (χ1n) is 7.60. The van der Waals surface area contributed by atoms with Crippen LogP contribution in [0.15, 0.2) is 40.5 Å². The van der Waals surface area contributed by atoms with Crippen molar-refractivity contribution >= 4 is 22.0 Å². The van der Waals surface area contributed by atoms with Gasteiger partial charge in [-0.3, -0.25) is 10.1 Å². The molecule has 1 unspecified atom stereocenters. The SMILES string of the molecule is COc1ccc(C2Oc3c(cc(Br)cc3OC)C=C2[N+](=O)[O-])cc1OC. The second-order valence-corrected chi connectivity index (χ2v) is 6.38. The largest absolute Gasteiger partial charge is 0.493 e. The Morgan fingerprint density at radius 2 is 1.73 bits per heavy atom. The van der Waals surface area contributed by atoms with E-state index < -0.39 is 11.0 Å². The van der Waals surface area contributed by atoms with Crippen molar-refractivity contribution in [3.8, 4) is 23.0 Å². The maximum Gasteiger partial charge on any atom is 0.291 e. The summed E-state index contributed by atoms with van der Waals surface area (Å²) in [6.45, 7) is 0. The highest BCUT2D eigenvalue weighted by Gasteiger charge is 2.35. The van der Waals surface area contributed by atoms with E-state index in [0.717, 1.165) is 4.47 Å². The molecule has 1 heterocycles. The quantitative estimate of drug-likeness (QED) is 0.530.